The van der Waals surface area contributed by atoms with Crippen LogP contribution in [0.4, 0.5) is 11.6 Å². The third kappa shape index (κ3) is 4.37. The number of hydrogen-bond donors (Lipinski definition) is 1. The minimum absolute atomic E-state index is 0.235. The number of carbonyl (C=O) groups is 2. The molecule has 2 amide bonds. The lowest BCUT2D eigenvalue weighted by Gasteiger charge is -2.32. The molecule has 2 heterocycles. The van der Waals surface area contributed by atoms with E-state index in [1.165, 1.54) is 12.3 Å². The Morgan fingerprint density at radius 3 is 2.44 bits per heavy atom. The van der Waals surface area contributed by atoms with Crippen molar-refractivity contribution in [3.8, 4) is 0 Å². The number of piperazine rings is 1. The summed E-state index contributed by atoms with van der Waals surface area (Å²) >= 11 is 11.9. The molecule has 1 fully saturated rings. The number of amides is 2. The monoisotopic (exact) mass is 379 g/mol. The van der Waals surface area contributed by atoms with Crippen molar-refractivity contribution in [3.05, 3.63) is 46.2 Å². The summed E-state index contributed by atoms with van der Waals surface area (Å²) in [7, 11) is 0. The van der Waals surface area contributed by atoms with Gasteiger partial charge in [-0.25, -0.2) is 9.97 Å². The van der Waals surface area contributed by atoms with Crippen LogP contribution in [-0.4, -0.2) is 53.4 Å². The highest BCUT2D eigenvalue weighted by molar-refractivity contribution is 6.35. The minimum Gasteiger partial charge on any atom is -0.342 e. The van der Waals surface area contributed by atoms with Gasteiger partial charge in [0.25, 0.3) is 5.91 Å². The maximum atomic E-state index is 12.4. The first-order valence-corrected chi connectivity index (χ1v) is 8.35. The molecule has 3 rings (SSSR count). The van der Waals surface area contributed by atoms with Crippen LogP contribution >= 0.6 is 23.2 Å². The van der Waals surface area contributed by atoms with Crippen molar-refractivity contribution in [2.45, 2.75) is 0 Å². The fourth-order valence-corrected chi connectivity index (χ4v) is 3.00. The maximum absolute atomic E-state index is 12.4. The molecule has 0 aliphatic carbocycles. The first kappa shape index (κ1) is 17.4. The smallest absolute Gasteiger partial charge is 0.274 e. The van der Waals surface area contributed by atoms with Crippen LogP contribution in [0, 0.1) is 0 Å². The number of anilines is 2. The highest BCUT2D eigenvalue weighted by atomic mass is 35.5. The lowest BCUT2D eigenvalue weighted by Crippen LogP contribution is -2.46. The highest BCUT2D eigenvalue weighted by Gasteiger charge is 2.19. The summed E-state index contributed by atoms with van der Waals surface area (Å²) in [6.45, 7) is 2.44. The summed E-state index contributed by atoms with van der Waals surface area (Å²) in [5.74, 6) is 0.0795. The first-order chi connectivity index (χ1) is 12.0. The molecular formula is C16H15Cl2N5O2. The van der Waals surface area contributed by atoms with E-state index in [0.717, 1.165) is 6.41 Å². The Bertz CT molecular complexity index is 774. The molecule has 0 spiro atoms. The quantitative estimate of drug-likeness (QED) is 0.824. The Hall–Kier alpha value is -2.38. The average molecular weight is 380 g/mol. The third-order valence-corrected chi connectivity index (χ3v) is 4.18. The second-order valence-corrected chi connectivity index (χ2v) is 6.36. The molecule has 0 atom stereocenters. The second-order valence-electron chi connectivity index (χ2n) is 5.48. The summed E-state index contributed by atoms with van der Waals surface area (Å²) in [5, 5.41) is 3.57. The van der Waals surface area contributed by atoms with E-state index >= 15 is 0 Å². The standard InChI is InChI=1S/C16H15Cl2N5O2/c17-11-7-12(18)9-13(8-11)20-15(25)14-1-2-19-16(21-14)23-5-3-22(10-24)4-6-23/h1-2,7-10H,3-6H2,(H,20,25). The van der Waals surface area contributed by atoms with E-state index in [4.69, 9.17) is 23.2 Å². The van der Waals surface area contributed by atoms with Crippen molar-refractivity contribution in [2.24, 2.45) is 0 Å². The predicted octanol–water partition coefficient (Wildman–Crippen LogP) is 2.31. The molecule has 0 bridgehead atoms. The SMILES string of the molecule is O=CN1CCN(c2nccc(C(=O)Nc3cc(Cl)cc(Cl)c3)n2)CC1. The number of benzene rings is 1. The van der Waals surface area contributed by atoms with E-state index in [1.807, 2.05) is 4.90 Å². The Balaban J connectivity index is 1.72. The van der Waals surface area contributed by atoms with Gasteiger partial charge in [-0.1, -0.05) is 23.2 Å². The Morgan fingerprint density at radius 1 is 1.12 bits per heavy atom. The van der Waals surface area contributed by atoms with Gasteiger partial charge in [-0.05, 0) is 24.3 Å². The van der Waals surface area contributed by atoms with Gasteiger partial charge in [0.2, 0.25) is 12.4 Å². The molecule has 2 aromatic rings. The minimum atomic E-state index is -0.381. The van der Waals surface area contributed by atoms with Gasteiger partial charge in [0.05, 0.1) is 0 Å². The fourth-order valence-electron chi connectivity index (χ4n) is 2.48. The Kier molecular flexibility index (Phi) is 5.35. The van der Waals surface area contributed by atoms with Gasteiger partial charge >= 0.3 is 0 Å². The van der Waals surface area contributed by atoms with E-state index in [-0.39, 0.29) is 11.6 Å². The molecule has 1 aliphatic rings. The molecule has 1 saturated heterocycles. The summed E-state index contributed by atoms with van der Waals surface area (Å²) in [5.41, 5.74) is 0.723. The van der Waals surface area contributed by atoms with Crippen LogP contribution in [0.25, 0.3) is 0 Å². The van der Waals surface area contributed by atoms with Crippen LogP contribution < -0.4 is 10.2 Å². The van der Waals surface area contributed by atoms with Crippen molar-refractivity contribution >= 4 is 47.2 Å². The molecule has 1 aromatic carbocycles. The van der Waals surface area contributed by atoms with Gasteiger partial charge in [-0.2, -0.15) is 0 Å². The fraction of sp³-hybridized carbons (Fsp3) is 0.250. The van der Waals surface area contributed by atoms with Crippen LogP contribution in [0.3, 0.4) is 0 Å². The molecular weight excluding hydrogens is 365 g/mol. The lowest BCUT2D eigenvalue weighted by atomic mass is 10.3. The number of nitrogens with one attached hydrogen (secondary N) is 1. The molecule has 9 heteroatoms. The number of rotatable bonds is 4. The maximum Gasteiger partial charge on any atom is 0.274 e. The summed E-state index contributed by atoms with van der Waals surface area (Å²) < 4.78 is 0. The van der Waals surface area contributed by atoms with Crippen LogP contribution in [0.1, 0.15) is 10.5 Å². The van der Waals surface area contributed by atoms with E-state index in [0.29, 0.717) is 47.9 Å². The van der Waals surface area contributed by atoms with E-state index in [1.54, 1.807) is 23.1 Å². The molecule has 130 valence electrons. The largest absolute Gasteiger partial charge is 0.342 e. The molecule has 0 saturated carbocycles. The topological polar surface area (TPSA) is 78.4 Å². The molecule has 0 radical (unpaired) electrons. The van der Waals surface area contributed by atoms with Crippen molar-refractivity contribution in [1.29, 1.82) is 0 Å². The van der Waals surface area contributed by atoms with Crippen LogP contribution in [-0.2, 0) is 4.79 Å². The van der Waals surface area contributed by atoms with Crippen LogP contribution in [0.2, 0.25) is 10.0 Å². The van der Waals surface area contributed by atoms with Gasteiger partial charge in [0.15, 0.2) is 0 Å². The molecule has 1 N–H and O–H groups in total. The van der Waals surface area contributed by atoms with Gasteiger partial charge in [-0.3, -0.25) is 9.59 Å². The van der Waals surface area contributed by atoms with E-state index in [2.05, 4.69) is 15.3 Å². The number of halogens is 2. The summed E-state index contributed by atoms with van der Waals surface area (Å²) in [6.07, 6.45) is 2.37. The average Bonchev–Trinajstić information content (AvgIpc) is 2.61. The number of carbonyl (C=O) groups excluding carboxylic acids is 2. The second kappa shape index (κ2) is 7.67. The van der Waals surface area contributed by atoms with Crippen molar-refractivity contribution in [1.82, 2.24) is 14.9 Å². The highest BCUT2D eigenvalue weighted by Crippen LogP contribution is 2.23. The normalized spacial score (nSPS) is 14.3. The first-order valence-electron chi connectivity index (χ1n) is 7.60. The molecule has 7 nitrogen and oxygen atoms in total. The van der Waals surface area contributed by atoms with Crippen molar-refractivity contribution < 1.29 is 9.59 Å². The number of hydrogen-bond acceptors (Lipinski definition) is 5. The van der Waals surface area contributed by atoms with Crippen molar-refractivity contribution in [2.75, 3.05) is 36.4 Å². The molecule has 0 unspecified atom stereocenters. The van der Waals surface area contributed by atoms with Crippen LogP contribution in [0.5, 0.6) is 0 Å². The molecule has 1 aliphatic heterocycles. The number of aromatic nitrogens is 2. The van der Waals surface area contributed by atoms with Crippen molar-refractivity contribution in [3.63, 3.8) is 0 Å². The van der Waals surface area contributed by atoms with E-state index < -0.39 is 0 Å². The van der Waals surface area contributed by atoms with Gasteiger partial charge in [-0.15, -0.1) is 0 Å². The van der Waals surface area contributed by atoms with Gasteiger partial charge < -0.3 is 15.1 Å². The third-order valence-electron chi connectivity index (χ3n) is 3.74. The van der Waals surface area contributed by atoms with Gasteiger partial charge in [0, 0.05) is 48.1 Å². The van der Waals surface area contributed by atoms with Crippen LogP contribution in [0.15, 0.2) is 30.5 Å². The van der Waals surface area contributed by atoms with Gasteiger partial charge in [0.1, 0.15) is 5.69 Å². The zero-order valence-corrected chi connectivity index (χ0v) is 14.7. The lowest BCUT2D eigenvalue weighted by molar-refractivity contribution is -0.118. The Labute approximate surface area is 154 Å². The zero-order valence-electron chi connectivity index (χ0n) is 13.2. The number of nitrogens with zero attached hydrogens (tertiary/aromatic N) is 4. The van der Waals surface area contributed by atoms with E-state index in [9.17, 15) is 9.59 Å². The molecule has 1 aromatic heterocycles. The Morgan fingerprint density at radius 2 is 1.80 bits per heavy atom. The summed E-state index contributed by atoms with van der Waals surface area (Å²) in [6, 6.07) is 6.32. The zero-order chi connectivity index (χ0) is 17.8. The predicted molar refractivity (Wildman–Crippen MR) is 96.3 cm³/mol. The molecule has 25 heavy (non-hydrogen) atoms. The summed E-state index contributed by atoms with van der Waals surface area (Å²) in [4.78, 5) is 35.3.